The van der Waals surface area contributed by atoms with Gasteiger partial charge in [-0.25, -0.2) is 0 Å². The van der Waals surface area contributed by atoms with E-state index in [0.29, 0.717) is 0 Å². The summed E-state index contributed by atoms with van der Waals surface area (Å²) in [6.45, 7) is 1.96. The Labute approximate surface area is 127 Å². The fourth-order valence-corrected chi connectivity index (χ4v) is 2.82. The van der Waals surface area contributed by atoms with Crippen LogP contribution in [0.3, 0.4) is 0 Å². The molecule has 0 saturated carbocycles. The van der Waals surface area contributed by atoms with Gasteiger partial charge in [0.2, 0.25) is 0 Å². The number of benzene rings is 2. The lowest BCUT2D eigenvalue weighted by atomic mass is 9.92. The Morgan fingerprint density at radius 3 is 2.35 bits per heavy atom. The molecule has 4 heteroatoms. The van der Waals surface area contributed by atoms with Crippen LogP contribution in [0.5, 0.6) is 5.75 Å². The molecule has 1 atom stereocenters. The fraction of sp³-hybridized carbons (Fsp3) is 0.250. The average molecular weight is 336 g/mol. The monoisotopic (exact) mass is 335 g/mol. The zero-order chi connectivity index (χ0) is 14.6. The van der Waals surface area contributed by atoms with Gasteiger partial charge < -0.3 is 15.2 Å². The molecule has 0 fully saturated rings. The third-order valence-electron chi connectivity index (χ3n) is 3.29. The van der Waals surface area contributed by atoms with Gasteiger partial charge in [-0.15, -0.1) is 0 Å². The van der Waals surface area contributed by atoms with Gasteiger partial charge >= 0.3 is 0 Å². The van der Waals surface area contributed by atoms with Gasteiger partial charge in [-0.3, -0.25) is 0 Å². The number of rotatable bonds is 5. The van der Waals surface area contributed by atoms with Crippen molar-refractivity contribution in [3.8, 4) is 5.75 Å². The Kier molecular flexibility index (Phi) is 4.68. The highest BCUT2D eigenvalue weighted by Gasteiger charge is 2.27. The van der Waals surface area contributed by atoms with Crippen LogP contribution in [0, 0.1) is 0 Å². The number of methoxy groups -OCH3 is 1. The minimum absolute atomic E-state index is 0.0123. The topological polar surface area (TPSA) is 41.5 Å². The Morgan fingerprint density at radius 2 is 1.80 bits per heavy atom. The van der Waals surface area contributed by atoms with E-state index in [1.807, 2.05) is 55.5 Å². The lowest BCUT2D eigenvalue weighted by Crippen LogP contribution is -2.36. The maximum Gasteiger partial charge on any atom is 0.119 e. The standard InChI is InChI=1S/C16H18BrNO2/c1-16(11-19,14-5-3-4-6-15(14)17)18-12-7-9-13(20-2)10-8-12/h3-10,18-19H,11H2,1-2H3. The van der Waals surface area contributed by atoms with E-state index in [1.54, 1.807) is 7.11 Å². The second-order valence-corrected chi connectivity index (χ2v) is 5.68. The van der Waals surface area contributed by atoms with Crippen LogP contribution in [0.1, 0.15) is 12.5 Å². The summed E-state index contributed by atoms with van der Waals surface area (Å²) in [5.74, 6) is 0.808. The Balaban J connectivity index is 2.29. The van der Waals surface area contributed by atoms with E-state index in [0.717, 1.165) is 21.5 Å². The maximum atomic E-state index is 9.82. The Morgan fingerprint density at radius 1 is 1.15 bits per heavy atom. The van der Waals surface area contributed by atoms with Gasteiger partial charge in [-0.05, 0) is 42.8 Å². The Hall–Kier alpha value is -1.52. The lowest BCUT2D eigenvalue weighted by molar-refractivity contribution is 0.223. The molecule has 2 aromatic rings. The van der Waals surface area contributed by atoms with Gasteiger partial charge in [-0.2, -0.15) is 0 Å². The van der Waals surface area contributed by atoms with E-state index in [-0.39, 0.29) is 6.61 Å². The largest absolute Gasteiger partial charge is 0.497 e. The molecule has 0 aliphatic heterocycles. The molecule has 2 rings (SSSR count). The van der Waals surface area contributed by atoms with Gasteiger partial charge in [0.05, 0.1) is 19.3 Å². The van der Waals surface area contributed by atoms with E-state index in [2.05, 4.69) is 21.2 Å². The molecular formula is C16H18BrNO2. The van der Waals surface area contributed by atoms with Crippen LogP contribution in [0.2, 0.25) is 0 Å². The van der Waals surface area contributed by atoms with Gasteiger partial charge in [0.25, 0.3) is 0 Å². The molecule has 1 unspecified atom stereocenters. The molecule has 0 spiro atoms. The first-order valence-corrected chi connectivity index (χ1v) is 7.16. The van der Waals surface area contributed by atoms with Gasteiger partial charge in [0.1, 0.15) is 5.75 Å². The van der Waals surface area contributed by atoms with Crippen molar-refractivity contribution < 1.29 is 9.84 Å². The molecule has 3 nitrogen and oxygen atoms in total. The van der Waals surface area contributed by atoms with Crippen molar-refractivity contribution in [2.24, 2.45) is 0 Å². The number of nitrogens with one attached hydrogen (secondary N) is 1. The number of hydrogen-bond acceptors (Lipinski definition) is 3. The average Bonchev–Trinajstić information content (AvgIpc) is 2.48. The van der Waals surface area contributed by atoms with Crippen LogP contribution >= 0.6 is 15.9 Å². The fourth-order valence-electron chi connectivity index (χ4n) is 2.09. The molecule has 0 heterocycles. The molecule has 0 aliphatic rings. The summed E-state index contributed by atoms with van der Waals surface area (Å²) < 4.78 is 6.11. The molecule has 0 saturated heterocycles. The minimum atomic E-state index is -0.561. The number of anilines is 1. The molecule has 0 amide bonds. The predicted molar refractivity (Wildman–Crippen MR) is 85.2 cm³/mol. The number of hydrogen-bond donors (Lipinski definition) is 2. The van der Waals surface area contributed by atoms with Crippen molar-refractivity contribution >= 4 is 21.6 Å². The molecule has 0 bridgehead atoms. The summed E-state index contributed by atoms with van der Waals surface area (Å²) in [7, 11) is 1.64. The SMILES string of the molecule is COc1ccc(NC(C)(CO)c2ccccc2Br)cc1. The predicted octanol–water partition coefficient (Wildman–Crippen LogP) is 3.78. The number of halogens is 1. The molecular weight excluding hydrogens is 318 g/mol. The van der Waals surface area contributed by atoms with Crippen LogP contribution in [0.4, 0.5) is 5.69 Å². The van der Waals surface area contributed by atoms with Gasteiger partial charge in [0, 0.05) is 10.2 Å². The quantitative estimate of drug-likeness (QED) is 0.873. The number of aliphatic hydroxyl groups excluding tert-OH is 1. The van der Waals surface area contributed by atoms with E-state index in [9.17, 15) is 5.11 Å². The normalized spacial score (nSPS) is 13.6. The Bertz CT molecular complexity index is 571. The molecule has 106 valence electrons. The van der Waals surface area contributed by atoms with Crippen molar-refractivity contribution in [3.63, 3.8) is 0 Å². The summed E-state index contributed by atoms with van der Waals surface area (Å²) in [5, 5.41) is 13.2. The van der Waals surface area contributed by atoms with Crippen LogP contribution in [-0.2, 0) is 5.54 Å². The molecule has 2 aromatic carbocycles. The smallest absolute Gasteiger partial charge is 0.119 e. The van der Waals surface area contributed by atoms with Crippen molar-refractivity contribution in [2.75, 3.05) is 19.0 Å². The molecule has 0 aliphatic carbocycles. The highest BCUT2D eigenvalue weighted by atomic mass is 79.9. The molecule has 20 heavy (non-hydrogen) atoms. The molecule has 0 aromatic heterocycles. The van der Waals surface area contributed by atoms with Crippen LogP contribution in [0.25, 0.3) is 0 Å². The maximum absolute atomic E-state index is 9.82. The summed E-state index contributed by atoms with van der Waals surface area (Å²) in [6, 6.07) is 15.5. The van der Waals surface area contributed by atoms with E-state index in [1.165, 1.54) is 0 Å². The highest BCUT2D eigenvalue weighted by Crippen LogP contribution is 2.31. The van der Waals surface area contributed by atoms with Crippen molar-refractivity contribution in [2.45, 2.75) is 12.5 Å². The summed E-state index contributed by atoms with van der Waals surface area (Å²) >= 11 is 3.54. The summed E-state index contributed by atoms with van der Waals surface area (Å²) in [4.78, 5) is 0. The zero-order valence-electron chi connectivity index (χ0n) is 11.6. The first-order chi connectivity index (χ1) is 9.59. The number of ether oxygens (including phenoxy) is 1. The zero-order valence-corrected chi connectivity index (χ0v) is 13.1. The second-order valence-electron chi connectivity index (χ2n) is 4.82. The minimum Gasteiger partial charge on any atom is -0.497 e. The summed E-state index contributed by atoms with van der Waals surface area (Å²) in [5.41, 5.74) is 1.38. The van der Waals surface area contributed by atoms with Crippen LogP contribution in [0.15, 0.2) is 53.0 Å². The highest BCUT2D eigenvalue weighted by molar-refractivity contribution is 9.10. The van der Waals surface area contributed by atoms with Gasteiger partial charge in [-0.1, -0.05) is 34.1 Å². The second kappa shape index (κ2) is 6.29. The first kappa shape index (κ1) is 14.9. The first-order valence-electron chi connectivity index (χ1n) is 6.37. The van der Waals surface area contributed by atoms with Crippen LogP contribution < -0.4 is 10.1 Å². The van der Waals surface area contributed by atoms with Crippen LogP contribution in [-0.4, -0.2) is 18.8 Å². The van der Waals surface area contributed by atoms with Crippen molar-refractivity contribution in [1.29, 1.82) is 0 Å². The molecule has 0 radical (unpaired) electrons. The molecule has 2 N–H and O–H groups in total. The van der Waals surface area contributed by atoms with Crippen molar-refractivity contribution in [3.05, 3.63) is 58.6 Å². The third kappa shape index (κ3) is 3.14. The lowest BCUT2D eigenvalue weighted by Gasteiger charge is -2.31. The summed E-state index contributed by atoms with van der Waals surface area (Å²) in [6.07, 6.45) is 0. The third-order valence-corrected chi connectivity index (χ3v) is 3.99. The van der Waals surface area contributed by atoms with E-state index < -0.39 is 5.54 Å². The van der Waals surface area contributed by atoms with E-state index in [4.69, 9.17) is 4.74 Å². The van der Waals surface area contributed by atoms with Crippen molar-refractivity contribution in [1.82, 2.24) is 0 Å². The van der Waals surface area contributed by atoms with Gasteiger partial charge in [0.15, 0.2) is 0 Å². The van der Waals surface area contributed by atoms with E-state index >= 15 is 0 Å². The number of aliphatic hydroxyl groups is 1.